The summed E-state index contributed by atoms with van der Waals surface area (Å²) in [5.74, 6) is 2.03. The molecule has 1 fully saturated rings. The van der Waals surface area contributed by atoms with Gasteiger partial charge in [-0.1, -0.05) is 13.0 Å². The molecular weight excluding hydrogens is 356 g/mol. The fraction of sp³-hybridized carbons (Fsp3) is 0.450. The molecule has 0 radical (unpaired) electrons. The van der Waals surface area contributed by atoms with Gasteiger partial charge in [-0.05, 0) is 31.5 Å². The average Bonchev–Trinajstić information content (AvgIpc) is 3.14. The van der Waals surface area contributed by atoms with Crippen LogP contribution in [-0.2, 0) is 6.42 Å². The Morgan fingerprint density at radius 3 is 2.74 bits per heavy atom. The maximum Gasteiger partial charge on any atom is 0.138 e. The van der Waals surface area contributed by atoms with E-state index in [1.54, 1.807) is 17.7 Å². The number of hydrogen-bond donors (Lipinski definition) is 1. The van der Waals surface area contributed by atoms with Gasteiger partial charge in [-0.3, -0.25) is 4.90 Å². The molecule has 0 amide bonds. The van der Waals surface area contributed by atoms with E-state index >= 15 is 0 Å². The molecule has 0 aliphatic carbocycles. The molecule has 0 saturated carbocycles. The summed E-state index contributed by atoms with van der Waals surface area (Å²) in [6.07, 6.45) is 4.57. The number of nitrogens with one attached hydrogen (secondary N) is 1. The van der Waals surface area contributed by atoms with E-state index in [2.05, 4.69) is 62.1 Å². The minimum absolute atomic E-state index is 0.328. The summed E-state index contributed by atoms with van der Waals surface area (Å²) in [7, 11) is 0. The summed E-state index contributed by atoms with van der Waals surface area (Å²) in [5, 5.41) is 4.75. The molecule has 4 rings (SSSR count). The summed E-state index contributed by atoms with van der Waals surface area (Å²) in [6, 6.07) is 8.66. The maximum absolute atomic E-state index is 4.49. The summed E-state index contributed by atoms with van der Waals surface area (Å²) in [5.41, 5.74) is 0. The van der Waals surface area contributed by atoms with Crippen LogP contribution in [-0.4, -0.2) is 58.6 Å². The maximum atomic E-state index is 4.49. The number of fused-ring (bicyclic) bond motifs is 1. The lowest BCUT2D eigenvalue weighted by molar-refractivity contribution is 0.250. The zero-order valence-electron chi connectivity index (χ0n) is 15.9. The van der Waals surface area contributed by atoms with Crippen molar-refractivity contribution in [3.05, 3.63) is 41.7 Å². The molecule has 0 aromatic carbocycles. The van der Waals surface area contributed by atoms with E-state index in [1.165, 1.54) is 4.88 Å². The minimum atomic E-state index is 0.328. The van der Waals surface area contributed by atoms with E-state index < -0.39 is 0 Å². The fourth-order valence-electron chi connectivity index (χ4n) is 3.56. The van der Waals surface area contributed by atoms with E-state index in [0.29, 0.717) is 6.04 Å². The van der Waals surface area contributed by atoms with Crippen molar-refractivity contribution >= 4 is 33.2 Å². The monoisotopic (exact) mass is 382 g/mol. The lowest BCUT2D eigenvalue weighted by atomic mass is 10.2. The summed E-state index contributed by atoms with van der Waals surface area (Å²) >= 11 is 1.76. The zero-order chi connectivity index (χ0) is 18.6. The van der Waals surface area contributed by atoms with Gasteiger partial charge in [0.2, 0.25) is 0 Å². The number of nitrogens with zero attached hydrogens (tertiary/aromatic N) is 5. The largest absolute Gasteiger partial charge is 0.366 e. The van der Waals surface area contributed by atoms with Gasteiger partial charge in [0.1, 0.15) is 22.8 Å². The van der Waals surface area contributed by atoms with Crippen molar-refractivity contribution in [1.29, 1.82) is 0 Å². The first-order chi connectivity index (χ1) is 13.2. The minimum Gasteiger partial charge on any atom is -0.366 e. The smallest absolute Gasteiger partial charge is 0.138 e. The van der Waals surface area contributed by atoms with Gasteiger partial charge in [-0.25, -0.2) is 15.0 Å². The molecule has 1 N–H and O–H groups in total. The molecule has 0 spiro atoms. The van der Waals surface area contributed by atoms with Crippen LogP contribution in [0.25, 0.3) is 10.2 Å². The first-order valence-electron chi connectivity index (χ1n) is 9.61. The standard InChI is InChI=1S/C20H26N6S/c1-3-16-12-17-19(22-14-23-20(17)27-16)24-15(2)13-25-8-10-26(11-9-25)18-6-4-5-7-21-18/h4-7,12,14-15H,3,8-11,13H2,1-2H3,(H,22,23,24). The fourth-order valence-corrected chi connectivity index (χ4v) is 4.50. The van der Waals surface area contributed by atoms with Crippen LogP contribution in [0.15, 0.2) is 36.8 Å². The zero-order valence-corrected chi connectivity index (χ0v) is 16.7. The molecule has 27 heavy (non-hydrogen) atoms. The van der Waals surface area contributed by atoms with E-state index in [-0.39, 0.29) is 0 Å². The first-order valence-corrected chi connectivity index (χ1v) is 10.4. The molecule has 3 aromatic heterocycles. The lowest BCUT2D eigenvalue weighted by Gasteiger charge is -2.36. The van der Waals surface area contributed by atoms with Crippen LogP contribution in [0.4, 0.5) is 11.6 Å². The highest BCUT2D eigenvalue weighted by atomic mass is 32.1. The second-order valence-corrected chi connectivity index (χ2v) is 8.14. The average molecular weight is 383 g/mol. The van der Waals surface area contributed by atoms with Gasteiger partial charge in [0.15, 0.2) is 0 Å². The predicted molar refractivity (Wildman–Crippen MR) is 113 cm³/mol. The second kappa shape index (κ2) is 8.19. The Labute approximate surface area is 164 Å². The van der Waals surface area contributed by atoms with Gasteiger partial charge in [-0.2, -0.15) is 0 Å². The number of pyridine rings is 1. The van der Waals surface area contributed by atoms with Gasteiger partial charge in [0, 0.05) is 49.8 Å². The molecule has 1 unspecified atom stereocenters. The third kappa shape index (κ3) is 4.20. The molecule has 1 atom stereocenters. The van der Waals surface area contributed by atoms with Crippen molar-refractivity contribution < 1.29 is 0 Å². The lowest BCUT2D eigenvalue weighted by Crippen LogP contribution is -2.49. The number of anilines is 2. The van der Waals surface area contributed by atoms with Crippen molar-refractivity contribution in [2.24, 2.45) is 0 Å². The molecular formula is C20H26N6S. The van der Waals surface area contributed by atoms with Gasteiger partial charge in [-0.15, -0.1) is 11.3 Å². The first kappa shape index (κ1) is 18.1. The number of thiophene rings is 1. The van der Waals surface area contributed by atoms with Crippen LogP contribution in [0.3, 0.4) is 0 Å². The van der Waals surface area contributed by atoms with Crippen molar-refractivity contribution in [2.45, 2.75) is 26.3 Å². The number of hydrogen-bond acceptors (Lipinski definition) is 7. The van der Waals surface area contributed by atoms with Gasteiger partial charge < -0.3 is 10.2 Å². The highest BCUT2D eigenvalue weighted by molar-refractivity contribution is 7.18. The molecule has 1 saturated heterocycles. The van der Waals surface area contributed by atoms with Crippen LogP contribution >= 0.6 is 11.3 Å². The van der Waals surface area contributed by atoms with E-state index in [0.717, 1.165) is 61.0 Å². The second-order valence-electron chi connectivity index (χ2n) is 7.03. The van der Waals surface area contributed by atoms with Crippen molar-refractivity contribution in [2.75, 3.05) is 42.9 Å². The van der Waals surface area contributed by atoms with Crippen LogP contribution in [0.5, 0.6) is 0 Å². The molecule has 3 aromatic rings. The van der Waals surface area contributed by atoms with Gasteiger partial charge in [0.25, 0.3) is 0 Å². The third-order valence-electron chi connectivity index (χ3n) is 4.99. The highest BCUT2D eigenvalue weighted by Gasteiger charge is 2.20. The number of aromatic nitrogens is 3. The quantitative estimate of drug-likeness (QED) is 0.706. The van der Waals surface area contributed by atoms with Crippen molar-refractivity contribution in [3.63, 3.8) is 0 Å². The van der Waals surface area contributed by atoms with Crippen molar-refractivity contribution in [3.8, 4) is 0 Å². The number of piperazine rings is 1. The molecule has 0 bridgehead atoms. The molecule has 4 heterocycles. The van der Waals surface area contributed by atoms with E-state index in [1.807, 2.05) is 12.3 Å². The van der Waals surface area contributed by atoms with E-state index in [4.69, 9.17) is 0 Å². The van der Waals surface area contributed by atoms with Crippen LogP contribution in [0, 0.1) is 0 Å². The highest BCUT2D eigenvalue weighted by Crippen LogP contribution is 2.28. The Kier molecular flexibility index (Phi) is 5.50. The normalized spacial score (nSPS) is 16.6. The topological polar surface area (TPSA) is 57.2 Å². The Balaban J connectivity index is 1.34. The van der Waals surface area contributed by atoms with E-state index in [9.17, 15) is 0 Å². The predicted octanol–water partition coefficient (Wildman–Crippen LogP) is 3.27. The number of rotatable bonds is 6. The van der Waals surface area contributed by atoms with Gasteiger partial charge >= 0.3 is 0 Å². The summed E-state index contributed by atoms with van der Waals surface area (Å²) < 4.78 is 0. The molecule has 142 valence electrons. The SMILES string of the molecule is CCc1cc2c(NC(C)CN3CCN(c4ccccn4)CC3)ncnc2s1. The Morgan fingerprint density at radius 1 is 1.15 bits per heavy atom. The Morgan fingerprint density at radius 2 is 2.00 bits per heavy atom. The molecule has 1 aliphatic heterocycles. The Bertz CT molecular complexity index is 873. The van der Waals surface area contributed by atoms with Crippen LogP contribution < -0.4 is 10.2 Å². The number of aryl methyl sites for hydroxylation is 1. The molecule has 6 nitrogen and oxygen atoms in total. The summed E-state index contributed by atoms with van der Waals surface area (Å²) in [4.78, 5) is 20.7. The van der Waals surface area contributed by atoms with Crippen molar-refractivity contribution in [1.82, 2.24) is 19.9 Å². The van der Waals surface area contributed by atoms with Gasteiger partial charge in [0.05, 0.1) is 5.39 Å². The molecule has 7 heteroatoms. The summed E-state index contributed by atoms with van der Waals surface area (Å²) in [6.45, 7) is 9.56. The Hall–Kier alpha value is -2.25. The van der Waals surface area contributed by atoms with Crippen LogP contribution in [0.1, 0.15) is 18.7 Å². The molecule has 1 aliphatic rings. The third-order valence-corrected chi connectivity index (χ3v) is 6.18. The van der Waals surface area contributed by atoms with Crippen LogP contribution in [0.2, 0.25) is 0 Å².